The van der Waals surface area contributed by atoms with E-state index >= 15 is 0 Å². The lowest BCUT2D eigenvalue weighted by Crippen LogP contribution is -2.30. The van der Waals surface area contributed by atoms with E-state index in [2.05, 4.69) is 49.6 Å². The summed E-state index contributed by atoms with van der Waals surface area (Å²) in [5.41, 5.74) is 1.98. The monoisotopic (exact) mass is 269 g/mol. The predicted molar refractivity (Wildman–Crippen MR) is 78.5 cm³/mol. The van der Waals surface area contributed by atoms with Crippen LogP contribution in [-0.2, 0) is 5.88 Å². The molecule has 0 amide bonds. The number of anilines is 1. The first kappa shape index (κ1) is 15.2. The van der Waals surface area contributed by atoms with Gasteiger partial charge in [0, 0.05) is 19.0 Å². The van der Waals surface area contributed by atoms with Crippen molar-refractivity contribution in [2.45, 2.75) is 58.4 Å². The molecule has 0 N–H and O–H groups in total. The topological polar surface area (TPSA) is 29.0 Å². The normalized spacial score (nSPS) is 12.8. The van der Waals surface area contributed by atoms with E-state index in [-0.39, 0.29) is 0 Å². The van der Waals surface area contributed by atoms with Gasteiger partial charge in [-0.2, -0.15) is 0 Å². The average Bonchev–Trinajstić information content (AvgIpc) is 2.37. The SMILES string of the molecule is CCCC(C)N(C)c1cnc(C(C)C)nc1CCl. The van der Waals surface area contributed by atoms with Crippen LogP contribution in [0.4, 0.5) is 5.69 Å². The summed E-state index contributed by atoms with van der Waals surface area (Å²) in [6, 6.07) is 0.477. The Labute approximate surface area is 116 Å². The van der Waals surface area contributed by atoms with E-state index in [1.807, 2.05) is 6.20 Å². The van der Waals surface area contributed by atoms with Crippen LogP contribution in [0.3, 0.4) is 0 Å². The molecule has 102 valence electrons. The predicted octanol–water partition coefficient (Wildman–Crippen LogP) is 3.96. The van der Waals surface area contributed by atoms with Crippen LogP contribution < -0.4 is 4.90 Å². The molecule has 3 nitrogen and oxygen atoms in total. The van der Waals surface area contributed by atoms with Gasteiger partial charge in [0.15, 0.2) is 0 Å². The molecule has 1 aromatic heterocycles. The third-order valence-electron chi connectivity index (χ3n) is 3.25. The third kappa shape index (κ3) is 3.58. The number of hydrogen-bond donors (Lipinski definition) is 0. The molecule has 4 heteroatoms. The van der Waals surface area contributed by atoms with E-state index in [1.54, 1.807) is 0 Å². The third-order valence-corrected chi connectivity index (χ3v) is 3.51. The molecule has 0 bridgehead atoms. The molecule has 0 aliphatic carbocycles. The molecule has 18 heavy (non-hydrogen) atoms. The zero-order valence-electron chi connectivity index (χ0n) is 12.1. The van der Waals surface area contributed by atoms with Gasteiger partial charge in [0.1, 0.15) is 5.82 Å². The molecule has 0 saturated heterocycles. The van der Waals surface area contributed by atoms with Gasteiger partial charge < -0.3 is 4.90 Å². The fourth-order valence-corrected chi connectivity index (χ4v) is 2.14. The molecule has 1 heterocycles. The van der Waals surface area contributed by atoms with Crippen molar-refractivity contribution in [2.24, 2.45) is 0 Å². The number of nitrogens with zero attached hydrogens (tertiary/aromatic N) is 3. The molecule has 0 fully saturated rings. The summed E-state index contributed by atoms with van der Waals surface area (Å²) in [5.74, 6) is 1.63. The summed E-state index contributed by atoms with van der Waals surface area (Å²) < 4.78 is 0. The van der Waals surface area contributed by atoms with Gasteiger partial charge in [0.25, 0.3) is 0 Å². The number of halogens is 1. The first-order valence-electron chi connectivity index (χ1n) is 6.65. The Bertz CT molecular complexity index is 379. The zero-order valence-corrected chi connectivity index (χ0v) is 12.8. The molecule has 0 saturated carbocycles. The fraction of sp³-hybridized carbons (Fsp3) is 0.714. The quantitative estimate of drug-likeness (QED) is 0.732. The van der Waals surface area contributed by atoms with E-state index in [0.717, 1.165) is 23.6 Å². The molecule has 1 unspecified atom stereocenters. The summed E-state index contributed by atoms with van der Waals surface area (Å²) >= 11 is 6.02. The van der Waals surface area contributed by atoms with Crippen LogP contribution in [0.1, 0.15) is 58.0 Å². The van der Waals surface area contributed by atoms with E-state index in [4.69, 9.17) is 11.6 Å². The van der Waals surface area contributed by atoms with E-state index in [9.17, 15) is 0 Å². The summed E-state index contributed by atoms with van der Waals surface area (Å²) in [5, 5.41) is 0. The Balaban J connectivity index is 3.01. The van der Waals surface area contributed by atoms with Crippen LogP contribution >= 0.6 is 11.6 Å². The Morgan fingerprint density at radius 2 is 2.00 bits per heavy atom. The second kappa shape index (κ2) is 6.93. The summed E-state index contributed by atoms with van der Waals surface area (Å²) in [4.78, 5) is 11.2. The second-order valence-corrected chi connectivity index (χ2v) is 5.36. The highest BCUT2D eigenvalue weighted by Crippen LogP contribution is 2.23. The van der Waals surface area contributed by atoms with Gasteiger partial charge in [-0.3, -0.25) is 0 Å². The van der Waals surface area contributed by atoms with Gasteiger partial charge >= 0.3 is 0 Å². The van der Waals surface area contributed by atoms with Crippen molar-refractivity contribution < 1.29 is 0 Å². The summed E-state index contributed by atoms with van der Waals surface area (Å²) in [7, 11) is 2.09. The van der Waals surface area contributed by atoms with E-state index < -0.39 is 0 Å². The number of hydrogen-bond acceptors (Lipinski definition) is 3. The van der Waals surface area contributed by atoms with Crippen LogP contribution in [0.2, 0.25) is 0 Å². The lowest BCUT2D eigenvalue weighted by atomic mass is 10.1. The van der Waals surface area contributed by atoms with E-state index in [1.165, 1.54) is 6.42 Å². The number of aromatic nitrogens is 2. The lowest BCUT2D eigenvalue weighted by molar-refractivity contribution is 0.611. The fourth-order valence-electron chi connectivity index (χ4n) is 1.95. The molecule has 0 aromatic carbocycles. The maximum Gasteiger partial charge on any atom is 0.131 e. The first-order valence-corrected chi connectivity index (χ1v) is 7.19. The highest BCUT2D eigenvalue weighted by molar-refractivity contribution is 6.17. The van der Waals surface area contributed by atoms with Crippen molar-refractivity contribution in [1.82, 2.24) is 9.97 Å². The van der Waals surface area contributed by atoms with Gasteiger partial charge in [-0.05, 0) is 13.3 Å². The van der Waals surface area contributed by atoms with Crippen molar-refractivity contribution in [3.63, 3.8) is 0 Å². The number of rotatable bonds is 6. The van der Waals surface area contributed by atoms with Gasteiger partial charge in [-0.1, -0.05) is 27.2 Å². The van der Waals surface area contributed by atoms with Crippen LogP contribution in [0.15, 0.2) is 6.20 Å². The lowest BCUT2D eigenvalue weighted by Gasteiger charge is -2.28. The molecular formula is C14H24ClN3. The van der Waals surface area contributed by atoms with Crippen LogP contribution in [0, 0.1) is 0 Å². The molecule has 1 rings (SSSR count). The van der Waals surface area contributed by atoms with Crippen LogP contribution in [-0.4, -0.2) is 23.1 Å². The molecule has 0 aliphatic heterocycles. The van der Waals surface area contributed by atoms with Crippen LogP contribution in [0.5, 0.6) is 0 Å². The summed E-state index contributed by atoms with van der Waals surface area (Å²) in [6.07, 6.45) is 4.24. The van der Waals surface area contributed by atoms with Gasteiger partial charge in [-0.25, -0.2) is 9.97 Å². The Kier molecular flexibility index (Phi) is 5.86. The van der Waals surface area contributed by atoms with Crippen molar-refractivity contribution >= 4 is 17.3 Å². The largest absolute Gasteiger partial charge is 0.369 e. The van der Waals surface area contributed by atoms with Gasteiger partial charge in [0.2, 0.25) is 0 Å². The van der Waals surface area contributed by atoms with Crippen molar-refractivity contribution in [3.8, 4) is 0 Å². The molecule has 1 atom stereocenters. The standard InChI is InChI=1S/C14H24ClN3/c1-6-7-11(4)18(5)13-9-16-14(10(2)3)17-12(13)8-15/h9-11H,6-8H2,1-5H3. The Morgan fingerprint density at radius 1 is 1.33 bits per heavy atom. The smallest absolute Gasteiger partial charge is 0.131 e. The van der Waals surface area contributed by atoms with E-state index in [0.29, 0.717) is 17.8 Å². The average molecular weight is 270 g/mol. The number of alkyl halides is 1. The van der Waals surface area contributed by atoms with Gasteiger partial charge in [0.05, 0.1) is 23.5 Å². The maximum atomic E-state index is 6.02. The minimum absolute atomic E-state index is 0.333. The minimum Gasteiger partial charge on any atom is -0.369 e. The van der Waals surface area contributed by atoms with Gasteiger partial charge in [-0.15, -0.1) is 11.6 Å². The molecular weight excluding hydrogens is 246 g/mol. The molecule has 0 spiro atoms. The molecule has 1 aromatic rings. The minimum atomic E-state index is 0.333. The maximum absolute atomic E-state index is 6.02. The Hall–Kier alpha value is -0.830. The summed E-state index contributed by atoms with van der Waals surface area (Å²) in [6.45, 7) is 8.61. The van der Waals surface area contributed by atoms with Crippen LogP contribution in [0.25, 0.3) is 0 Å². The highest BCUT2D eigenvalue weighted by atomic mass is 35.5. The van der Waals surface area contributed by atoms with Crippen molar-refractivity contribution in [1.29, 1.82) is 0 Å². The second-order valence-electron chi connectivity index (χ2n) is 5.10. The molecule has 0 radical (unpaired) electrons. The van der Waals surface area contributed by atoms with Crippen molar-refractivity contribution in [3.05, 3.63) is 17.7 Å². The first-order chi connectivity index (χ1) is 8.51. The Morgan fingerprint density at radius 3 is 2.50 bits per heavy atom. The zero-order chi connectivity index (χ0) is 13.7. The van der Waals surface area contributed by atoms with Crippen molar-refractivity contribution in [2.75, 3.05) is 11.9 Å². The highest BCUT2D eigenvalue weighted by Gasteiger charge is 2.15. The molecule has 0 aliphatic rings.